The molecule has 0 atom stereocenters. The van der Waals surface area contributed by atoms with E-state index in [9.17, 15) is 18.4 Å². The molecule has 0 unspecified atom stereocenters. The van der Waals surface area contributed by atoms with Gasteiger partial charge in [-0.2, -0.15) is 0 Å². The van der Waals surface area contributed by atoms with Gasteiger partial charge >= 0.3 is 5.97 Å². The molecule has 21 heavy (non-hydrogen) atoms. The summed E-state index contributed by atoms with van der Waals surface area (Å²) in [7, 11) is 0. The zero-order chi connectivity index (χ0) is 15.7. The van der Waals surface area contributed by atoms with Crippen LogP contribution in [-0.4, -0.2) is 36.6 Å². The van der Waals surface area contributed by atoms with Gasteiger partial charge in [-0.3, -0.25) is 4.79 Å². The average Bonchev–Trinajstić information content (AvgIpc) is 2.41. The molecular formula is C14H15F2NO4. The van der Waals surface area contributed by atoms with Crippen LogP contribution in [0.1, 0.15) is 12.0 Å². The predicted octanol–water partition coefficient (Wildman–Crippen LogP) is 2.39. The predicted molar refractivity (Wildman–Crippen MR) is 73.2 cm³/mol. The van der Waals surface area contributed by atoms with Gasteiger partial charge in [0.25, 0.3) is 6.43 Å². The van der Waals surface area contributed by atoms with Crippen molar-refractivity contribution in [3.63, 3.8) is 0 Å². The Balaban J connectivity index is 2.45. The molecule has 1 aromatic rings. The van der Waals surface area contributed by atoms with Crippen LogP contribution >= 0.6 is 0 Å². The molecule has 0 heterocycles. The fourth-order valence-corrected chi connectivity index (χ4v) is 1.45. The molecule has 1 amide bonds. The summed E-state index contributed by atoms with van der Waals surface area (Å²) in [6, 6.07) is 6.57. The topological polar surface area (TPSA) is 75.6 Å². The summed E-state index contributed by atoms with van der Waals surface area (Å²) in [6.45, 7) is -0.780. The molecule has 0 saturated carbocycles. The Kier molecular flexibility index (Phi) is 7.03. The molecule has 114 valence electrons. The van der Waals surface area contributed by atoms with E-state index < -0.39 is 19.0 Å². The van der Waals surface area contributed by atoms with Gasteiger partial charge in [0.2, 0.25) is 5.91 Å². The molecule has 0 bridgehead atoms. The van der Waals surface area contributed by atoms with Crippen molar-refractivity contribution in [1.82, 2.24) is 0 Å². The Labute approximate surface area is 120 Å². The quantitative estimate of drug-likeness (QED) is 0.571. The van der Waals surface area contributed by atoms with Crippen LogP contribution < -0.4 is 5.32 Å². The Morgan fingerprint density at radius 2 is 2.14 bits per heavy atom. The Morgan fingerprint density at radius 1 is 1.38 bits per heavy atom. The van der Waals surface area contributed by atoms with Gasteiger partial charge in [-0.05, 0) is 23.8 Å². The molecule has 0 aliphatic carbocycles. The first-order valence-corrected chi connectivity index (χ1v) is 6.14. The summed E-state index contributed by atoms with van der Waals surface area (Å²) in [5.41, 5.74) is 1.10. The van der Waals surface area contributed by atoms with E-state index in [1.165, 1.54) is 6.08 Å². The number of hydrogen-bond donors (Lipinski definition) is 2. The van der Waals surface area contributed by atoms with E-state index in [4.69, 9.17) is 5.11 Å². The van der Waals surface area contributed by atoms with Gasteiger partial charge in [0, 0.05) is 11.8 Å². The number of carbonyl (C=O) groups excluding carboxylic acids is 1. The van der Waals surface area contributed by atoms with Gasteiger partial charge < -0.3 is 15.2 Å². The smallest absolute Gasteiger partial charge is 0.328 e. The van der Waals surface area contributed by atoms with Crippen LogP contribution in [0.2, 0.25) is 0 Å². The largest absolute Gasteiger partial charge is 0.478 e. The summed E-state index contributed by atoms with van der Waals surface area (Å²) in [5, 5.41) is 11.1. The zero-order valence-electron chi connectivity index (χ0n) is 11.1. The third-order valence-electron chi connectivity index (χ3n) is 2.31. The maximum atomic E-state index is 11.8. The number of nitrogens with one attached hydrogen (secondary N) is 1. The van der Waals surface area contributed by atoms with E-state index in [2.05, 4.69) is 10.1 Å². The number of anilines is 1. The van der Waals surface area contributed by atoms with Crippen molar-refractivity contribution in [3.05, 3.63) is 35.9 Å². The lowest BCUT2D eigenvalue weighted by molar-refractivity contribution is -0.131. The monoisotopic (exact) mass is 299 g/mol. The number of hydrogen-bond acceptors (Lipinski definition) is 3. The number of ether oxygens (including phenoxy) is 1. The molecule has 0 fully saturated rings. The van der Waals surface area contributed by atoms with E-state index in [1.807, 2.05) is 0 Å². The van der Waals surface area contributed by atoms with E-state index in [0.717, 1.165) is 6.08 Å². The van der Waals surface area contributed by atoms with E-state index in [0.29, 0.717) is 11.3 Å². The maximum Gasteiger partial charge on any atom is 0.328 e. The van der Waals surface area contributed by atoms with Crippen LogP contribution in [0.5, 0.6) is 0 Å². The minimum Gasteiger partial charge on any atom is -0.478 e. The molecule has 0 aliphatic rings. The number of halogens is 2. The first-order valence-electron chi connectivity index (χ1n) is 6.14. The minimum absolute atomic E-state index is 0.0398. The maximum absolute atomic E-state index is 11.8. The van der Waals surface area contributed by atoms with Gasteiger partial charge in [0.05, 0.1) is 13.0 Å². The van der Waals surface area contributed by atoms with Crippen molar-refractivity contribution in [2.24, 2.45) is 0 Å². The minimum atomic E-state index is -2.55. The Bertz CT molecular complexity index is 517. The van der Waals surface area contributed by atoms with Crippen molar-refractivity contribution in [2.75, 3.05) is 18.5 Å². The zero-order valence-corrected chi connectivity index (χ0v) is 11.1. The Morgan fingerprint density at radius 3 is 2.81 bits per heavy atom. The standard InChI is InChI=1S/C14H15F2NO4/c15-12(16)9-21-7-6-13(18)17-11-3-1-2-10(8-11)4-5-14(19)20/h1-5,8,12H,6-7,9H2,(H,17,18)(H,19,20)/b5-4+. The first kappa shape index (κ1) is 16.8. The van der Waals surface area contributed by atoms with Crippen molar-refractivity contribution < 1.29 is 28.2 Å². The molecule has 5 nitrogen and oxygen atoms in total. The highest BCUT2D eigenvalue weighted by Crippen LogP contribution is 2.12. The van der Waals surface area contributed by atoms with Crippen LogP contribution in [0.4, 0.5) is 14.5 Å². The molecule has 7 heteroatoms. The van der Waals surface area contributed by atoms with Crippen LogP contribution in [-0.2, 0) is 14.3 Å². The SMILES string of the molecule is O=C(O)/C=C/c1cccc(NC(=O)CCOCC(F)F)c1. The van der Waals surface area contributed by atoms with Crippen LogP contribution in [0.15, 0.2) is 30.3 Å². The second-order valence-corrected chi connectivity index (χ2v) is 4.06. The molecule has 0 radical (unpaired) electrons. The van der Waals surface area contributed by atoms with Gasteiger partial charge in [0.15, 0.2) is 0 Å². The molecule has 1 aromatic carbocycles. The molecule has 1 rings (SSSR count). The van der Waals surface area contributed by atoms with Crippen LogP contribution in [0.3, 0.4) is 0 Å². The summed E-state index contributed by atoms with van der Waals surface area (Å²) >= 11 is 0. The lowest BCUT2D eigenvalue weighted by atomic mass is 10.2. The third-order valence-corrected chi connectivity index (χ3v) is 2.31. The van der Waals surface area contributed by atoms with Gasteiger partial charge in [-0.25, -0.2) is 13.6 Å². The summed E-state index contributed by atoms with van der Waals surface area (Å²) in [6.07, 6.45) is -0.212. The number of alkyl halides is 2. The number of benzene rings is 1. The van der Waals surface area contributed by atoms with Crippen molar-refractivity contribution in [1.29, 1.82) is 0 Å². The number of amides is 1. The van der Waals surface area contributed by atoms with Crippen LogP contribution in [0, 0.1) is 0 Å². The fourth-order valence-electron chi connectivity index (χ4n) is 1.45. The van der Waals surface area contributed by atoms with Gasteiger partial charge in [-0.1, -0.05) is 12.1 Å². The number of carboxylic acid groups (broad SMARTS) is 1. The summed E-state index contributed by atoms with van der Waals surface area (Å²) < 4.78 is 28.2. The molecular weight excluding hydrogens is 284 g/mol. The van der Waals surface area contributed by atoms with Gasteiger partial charge in [0.1, 0.15) is 6.61 Å². The Hall–Kier alpha value is -2.28. The molecule has 2 N–H and O–H groups in total. The van der Waals surface area contributed by atoms with Gasteiger partial charge in [-0.15, -0.1) is 0 Å². The number of aliphatic carboxylic acids is 1. The van der Waals surface area contributed by atoms with Crippen molar-refractivity contribution >= 4 is 23.6 Å². The van der Waals surface area contributed by atoms with Crippen molar-refractivity contribution in [2.45, 2.75) is 12.8 Å². The first-order chi connectivity index (χ1) is 9.97. The van der Waals surface area contributed by atoms with E-state index in [1.54, 1.807) is 24.3 Å². The number of carbonyl (C=O) groups is 2. The lowest BCUT2D eigenvalue weighted by Crippen LogP contribution is -2.15. The highest BCUT2D eigenvalue weighted by Gasteiger charge is 2.05. The molecule has 0 spiro atoms. The fraction of sp³-hybridized carbons (Fsp3) is 0.286. The lowest BCUT2D eigenvalue weighted by Gasteiger charge is -2.06. The summed E-state index contributed by atoms with van der Waals surface area (Å²) in [5.74, 6) is -1.44. The summed E-state index contributed by atoms with van der Waals surface area (Å²) in [4.78, 5) is 21.9. The highest BCUT2D eigenvalue weighted by molar-refractivity contribution is 5.91. The number of rotatable bonds is 8. The highest BCUT2D eigenvalue weighted by atomic mass is 19.3. The van der Waals surface area contributed by atoms with E-state index in [-0.39, 0.29) is 18.9 Å². The van der Waals surface area contributed by atoms with Crippen molar-refractivity contribution in [3.8, 4) is 0 Å². The molecule has 0 saturated heterocycles. The number of carboxylic acids is 1. The second kappa shape index (κ2) is 8.80. The molecule has 0 aromatic heterocycles. The third kappa shape index (κ3) is 7.78. The normalized spacial score (nSPS) is 11.0. The van der Waals surface area contributed by atoms with Crippen LogP contribution in [0.25, 0.3) is 6.08 Å². The second-order valence-electron chi connectivity index (χ2n) is 4.06. The van der Waals surface area contributed by atoms with E-state index >= 15 is 0 Å². The molecule has 0 aliphatic heterocycles. The average molecular weight is 299 g/mol.